The molecule has 0 aliphatic carbocycles. The van der Waals surface area contributed by atoms with E-state index in [0.29, 0.717) is 10.2 Å². The zero-order valence-electron chi connectivity index (χ0n) is 16.6. The maximum Gasteiger partial charge on any atom is 0.414 e. The quantitative estimate of drug-likeness (QED) is 0.418. The van der Waals surface area contributed by atoms with Crippen LogP contribution in [0, 0.1) is 5.82 Å². The Balaban J connectivity index is 1.56. The zero-order valence-corrected chi connectivity index (χ0v) is 18.1. The number of benzene rings is 3. The van der Waals surface area contributed by atoms with E-state index >= 15 is 0 Å². The van der Waals surface area contributed by atoms with Gasteiger partial charge in [0.25, 0.3) is 0 Å². The van der Waals surface area contributed by atoms with Crippen molar-refractivity contribution in [3.63, 3.8) is 0 Å². The second kappa shape index (κ2) is 9.43. The summed E-state index contributed by atoms with van der Waals surface area (Å²) in [6, 6.07) is 23.0. The summed E-state index contributed by atoms with van der Waals surface area (Å²) in [5, 5.41) is 0. The number of hydrogen-bond donors (Lipinski definition) is 0. The number of rotatable bonds is 5. The summed E-state index contributed by atoms with van der Waals surface area (Å²) in [6.45, 7) is 0.190. The van der Waals surface area contributed by atoms with E-state index in [4.69, 9.17) is 4.74 Å². The molecule has 3 aromatic carbocycles. The molecular weight excluding hydrogens is 445 g/mol. The standard InChI is InChI=1S/C25H23BrFNO2/c26-22-15-20-12-14-21(13-11-18-7-3-1-4-8-18)28(24(20)16-23(22)27)25(29)30-17-19-9-5-2-6-10-19/h1-10,15-16,21H,11-14,17H2. The number of fused-ring (bicyclic) bond motifs is 1. The molecule has 30 heavy (non-hydrogen) atoms. The fraction of sp³-hybridized carbons (Fsp3) is 0.240. The molecule has 3 aromatic rings. The molecule has 4 rings (SSSR count). The Morgan fingerprint density at radius 1 is 1.03 bits per heavy atom. The van der Waals surface area contributed by atoms with Gasteiger partial charge in [0.05, 0.1) is 10.2 Å². The number of amides is 1. The first-order valence-corrected chi connectivity index (χ1v) is 10.9. The van der Waals surface area contributed by atoms with Gasteiger partial charge in [0.1, 0.15) is 12.4 Å². The molecule has 0 aromatic heterocycles. The minimum absolute atomic E-state index is 0.0402. The number of anilines is 1. The van der Waals surface area contributed by atoms with Crippen LogP contribution < -0.4 is 4.90 Å². The molecule has 1 heterocycles. The molecule has 1 atom stereocenters. The number of hydrogen-bond acceptors (Lipinski definition) is 2. The molecule has 0 spiro atoms. The number of nitrogens with zero attached hydrogens (tertiary/aromatic N) is 1. The van der Waals surface area contributed by atoms with Crippen molar-refractivity contribution in [2.75, 3.05) is 4.90 Å². The van der Waals surface area contributed by atoms with Gasteiger partial charge in [-0.1, -0.05) is 60.7 Å². The Morgan fingerprint density at radius 3 is 2.40 bits per heavy atom. The van der Waals surface area contributed by atoms with Crippen molar-refractivity contribution in [1.82, 2.24) is 0 Å². The Morgan fingerprint density at radius 2 is 1.70 bits per heavy atom. The fourth-order valence-corrected chi connectivity index (χ4v) is 4.33. The van der Waals surface area contributed by atoms with Crippen LogP contribution in [-0.4, -0.2) is 12.1 Å². The summed E-state index contributed by atoms with van der Waals surface area (Å²) in [5.74, 6) is -0.377. The van der Waals surface area contributed by atoms with Crippen LogP contribution in [-0.2, 0) is 24.2 Å². The van der Waals surface area contributed by atoms with E-state index in [1.807, 2.05) is 48.5 Å². The van der Waals surface area contributed by atoms with Crippen LogP contribution in [0.4, 0.5) is 14.9 Å². The van der Waals surface area contributed by atoms with E-state index in [9.17, 15) is 9.18 Å². The summed E-state index contributed by atoms with van der Waals surface area (Å²) in [6.07, 6.45) is 2.83. The van der Waals surface area contributed by atoms with E-state index in [2.05, 4.69) is 28.1 Å². The molecule has 154 valence electrons. The van der Waals surface area contributed by atoms with Crippen LogP contribution in [0.25, 0.3) is 0 Å². The first kappa shape index (κ1) is 20.6. The van der Waals surface area contributed by atoms with Crippen LogP contribution in [0.2, 0.25) is 0 Å². The van der Waals surface area contributed by atoms with Crippen molar-refractivity contribution >= 4 is 27.7 Å². The number of halogens is 2. The molecule has 3 nitrogen and oxygen atoms in total. The van der Waals surface area contributed by atoms with Gasteiger partial charge in [0, 0.05) is 6.04 Å². The van der Waals surface area contributed by atoms with Crippen molar-refractivity contribution in [1.29, 1.82) is 0 Å². The lowest BCUT2D eigenvalue weighted by Crippen LogP contribution is -2.44. The summed E-state index contributed by atoms with van der Waals surface area (Å²) in [7, 11) is 0. The molecule has 0 radical (unpaired) electrons. The molecule has 1 aliphatic rings. The molecule has 0 saturated carbocycles. The number of carbonyl (C=O) groups excluding carboxylic acids is 1. The molecule has 1 aliphatic heterocycles. The van der Waals surface area contributed by atoms with Crippen LogP contribution in [0.3, 0.4) is 0 Å². The van der Waals surface area contributed by atoms with Gasteiger partial charge in [-0.3, -0.25) is 4.90 Å². The predicted octanol–water partition coefficient (Wildman–Crippen LogP) is 6.68. The van der Waals surface area contributed by atoms with Gasteiger partial charge in [0.15, 0.2) is 0 Å². The minimum Gasteiger partial charge on any atom is -0.444 e. The molecule has 0 bridgehead atoms. The lowest BCUT2D eigenvalue weighted by molar-refractivity contribution is 0.143. The van der Waals surface area contributed by atoms with Crippen molar-refractivity contribution in [3.8, 4) is 0 Å². The average molecular weight is 468 g/mol. The SMILES string of the molecule is O=C(OCc1ccccc1)N1c2cc(F)c(Br)cc2CCC1CCc1ccccc1. The molecule has 1 amide bonds. The number of ether oxygens (including phenoxy) is 1. The highest BCUT2D eigenvalue weighted by molar-refractivity contribution is 9.10. The molecule has 0 fully saturated rings. The highest BCUT2D eigenvalue weighted by Gasteiger charge is 2.33. The van der Waals surface area contributed by atoms with Gasteiger partial charge in [-0.2, -0.15) is 0 Å². The summed E-state index contributed by atoms with van der Waals surface area (Å²) >= 11 is 3.26. The van der Waals surface area contributed by atoms with Gasteiger partial charge in [-0.25, -0.2) is 9.18 Å². The first-order valence-electron chi connectivity index (χ1n) is 10.1. The lowest BCUT2D eigenvalue weighted by atomic mass is 9.92. The van der Waals surface area contributed by atoms with E-state index in [1.165, 1.54) is 11.6 Å². The van der Waals surface area contributed by atoms with E-state index in [1.54, 1.807) is 11.0 Å². The zero-order chi connectivity index (χ0) is 20.9. The largest absolute Gasteiger partial charge is 0.444 e. The summed E-state index contributed by atoms with van der Waals surface area (Å²) in [5.41, 5.74) is 3.71. The van der Waals surface area contributed by atoms with Crippen LogP contribution in [0.15, 0.2) is 77.3 Å². The van der Waals surface area contributed by atoms with E-state index in [0.717, 1.165) is 36.8 Å². The second-order valence-electron chi connectivity index (χ2n) is 7.52. The van der Waals surface area contributed by atoms with Gasteiger partial charge in [-0.15, -0.1) is 0 Å². The van der Waals surface area contributed by atoms with Gasteiger partial charge < -0.3 is 4.74 Å². The van der Waals surface area contributed by atoms with E-state index in [-0.39, 0.29) is 18.5 Å². The molecule has 0 saturated heterocycles. The topological polar surface area (TPSA) is 29.5 Å². The smallest absolute Gasteiger partial charge is 0.414 e. The van der Waals surface area contributed by atoms with Crippen LogP contribution >= 0.6 is 15.9 Å². The van der Waals surface area contributed by atoms with Crippen molar-refractivity contribution in [2.45, 2.75) is 38.3 Å². The molecule has 5 heteroatoms. The maximum atomic E-state index is 14.3. The van der Waals surface area contributed by atoms with Crippen LogP contribution in [0.5, 0.6) is 0 Å². The third-order valence-corrected chi connectivity index (χ3v) is 6.11. The Bertz CT molecular complexity index is 1010. The lowest BCUT2D eigenvalue weighted by Gasteiger charge is -2.36. The van der Waals surface area contributed by atoms with Crippen LogP contribution in [0.1, 0.15) is 29.5 Å². The molecular formula is C25H23BrFNO2. The predicted molar refractivity (Wildman–Crippen MR) is 120 cm³/mol. The number of carbonyl (C=O) groups is 1. The maximum absolute atomic E-state index is 14.3. The van der Waals surface area contributed by atoms with Gasteiger partial charge in [0.2, 0.25) is 0 Å². The summed E-state index contributed by atoms with van der Waals surface area (Å²) < 4.78 is 20.4. The highest BCUT2D eigenvalue weighted by Crippen LogP contribution is 2.36. The molecule has 1 unspecified atom stereocenters. The highest BCUT2D eigenvalue weighted by atomic mass is 79.9. The Kier molecular flexibility index (Phi) is 6.48. The number of aryl methyl sites for hydroxylation is 2. The normalized spacial score (nSPS) is 15.5. The van der Waals surface area contributed by atoms with E-state index < -0.39 is 6.09 Å². The van der Waals surface area contributed by atoms with Crippen molar-refractivity contribution in [3.05, 3.63) is 99.8 Å². The third kappa shape index (κ3) is 4.73. The van der Waals surface area contributed by atoms with Gasteiger partial charge >= 0.3 is 6.09 Å². The third-order valence-electron chi connectivity index (χ3n) is 5.50. The fourth-order valence-electron chi connectivity index (χ4n) is 3.94. The average Bonchev–Trinajstić information content (AvgIpc) is 2.78. The Hall–Kier alpha value is -2.66. The Labute approximate surface area is 184 Å². The molecule has 0 N–H and O–H groups in total. The van der Waals surface area contributed by atoms with Crippen molar-refractivity contribution in [2.24, 2.45) is 0 Å². The summed E-state index contributed by atoms with van der Waals surface area (Å²) in [4.78, 5) is 14.8. The monoisotopic (exact) mass is 467 g/mol. The van der Waals surface area contributed by atoms with Gasteiger partial charge in [-0.05, 0) is 70.4 Å². The second-order valence-corrected chi connectivity index (χ2v) is 8.38. The minimum atomic E-state index is -0.431. The first-order chi connectivity index (χ1) is 14.6. The van der Waals surface area contributed by atoms with Crippen molar-refractivity contribution < 1.29 is 13.9 Å².